The fraction of sp³-hybridized carbons (Fsp3) is 0.556. The van der Waals surface area contributed by atoms with E-state index in [2.05, 4.69) is 36.0 Å². The number of hydrogen-bond acceptors (Lipinski definition) is 13. The quantitative estimate of drug-likeness (QED) is 0.0923. The summed E-state index contributed by atoms with van der Waals surface area (Å²) in [5.41, 5.74) is 0.161. The third kappa shape index (κ3) is 9.60. The molecule has 2 saturated carbocycles. The minimum absolute atomic E-state index is 0.0441. The summed E-state index contributed by atoms with van der Waals surface area (Å²) in [6.45, 7) is 3.49. The van der Waals surface area contributed by atoms with E-state index in [1.165, 1.54) is 23.0 Å². The molecule has 5 aliphatic rings. The molecule has 9 rings (SSSR count). The summed E-state index contributed by atoms with van der Waals surface area (Å²) < 4.78 is 43.7. The molecule has 65 heavy (non-hydrogen) atoms. The predicted molar refractivity (Wildman–Crippen MR) is 230 cm³/mol. The van der Waals surface area contributed by atoms with Gasteiger partial charge in [-0.2, -0.15) is 10.2 Å². The number of alkyl halides is 2. The number of benzene rings is 1. The first-order chi connectivity index (χ1) is 31.5. The van der Waals surface area contributed by atoms with Crippen molar-refractivity contribution in [2.45, 2.75) is 120 Å². The van der Waals surface area contributed by atoms with E-state index < -0.39 is 53.8 Å². The molecule has 0 spiro atoms. The Balaban J connectivity index is 0.702. The number of fused-ring (bicyclic) bond motifs is 2. The molecule has 2 saturated heterocycles. The van der Waals surface area contributed by atoms with Gasteiger partial charge in [-0.05, 0) is 81.9 Å². The Morgan fingerprint density at radius 2 is 1.75 bits per heavy atom. The number of carbonyl (C=O) groups is 5. The van der Waals surface area contributed by atoms with E-state index in [-0.39, 0.29) is 71.4 Å². The van der Waals surface area contributed by atoms with E-state index in [0.29, 0.717) is 31.2 Å². The fourth-order valence-electron chi connectivity index (χ4n) is 9.93. The molecule has 3 aliphatic heterocycles. The molecule has 20 heteroatoms. The number of imide groups is 2. The minimum atomic E-state index is -2.89. The second-order valence-corrected chi connectivity index (χ2v) is 17.8. The number of piperidine rings is 2. The third-order valence-corrected chi connectivity index (χ3v) is 13.5. The van der Waals surface area contributed by atoms with Gasteiger partial charge in [0.25, 0.3) is 24.1 Å². The summed E-state index contributed by atoms with van der Waals surface area (Å²) in [7, 11) is 0. The van der Waals surface area contributed by atoms with E-state index >= 15 is 0 Å². The van der Waals surface area contributed by atoms with Gasteiger partial charge >= 0.3 is 0 Å². The lowest BCUT2D eigenvalue weighted by atomic mass is 9.85. The van der Waals surface area contributed by atoms with Crippen LogP contribution in [0, 0.1) is 5.92 Å². The second kappa shape index (κ2) is 19.3. The molecular formula is C45H54F2N10O8. The number of carbonyl (C=O) groups excluding carboxylic acids is 5. The van der Waals surface area contributed by atoms with Crippen LogP contribution in [0.5, 0.6) is 5.75 Å². The maximum atomic E-state index is 14.3. The van der Waals surface area contributed by atoms with Gasteiger partial charge in [0, 0.05) is 44.9 Å². The molecule has 2 aliphatic carbocycles. The smallest absolute Gasteiger partial charge is 0.284 e. The molecule has 18 nitrogen and oxygen atoms in total. The van der Waals surface area contributed by atoms with Gasteiger partial charge in [-0.3, -0.25) is 38.9 Å². The van der Waals surface area contributed by atoms with Crippen molar-refractivity contribution < 1.29 is 47.3 Å². The number of amides is 5. The van der Waals surface area contributed by atoms with Gasteiger partial charge in [0.05, 0.1) is 60.5 Å². The summed E-state index contributed by atoms with van der Waals surface area (Å²) in [6.07, 6.45) is 10.6. The highest BCUT2D eigenvalue weighted by molar-refractivity contribution is 6.24. The molecule has 0 bridgehead atoms. The first kappa shape index (κ1) is 44.3. The highest BCUT2D eigenvalue weighted by atomic mass is 19.3. The third-order valence-electron chi connectivity index (χ3n) is 13.5. The number of nitrogens with one attached hydrogen (secondary N) is 3. The van der Waals surface area contributed by atoms with Crippen molar-refractivity contribution in [1.82, 2.24) is 39.5 Å². The molecule has 1 unspecified atom stereocenters. The molecule has 4 fully saturated rings. The van der Waals surface area contributed by atoms with Gasteiger partial charge in [-0.15, -0.1) is 0 Å². The van der Waals surface area contributed by atoms with Gasteiger partial charge < -0.3 is 30.1 Å². The van der Waals surface area contributed by atoms with Gasteiger partial charge in [-0.25, -0.2) is 18.3 Å². The van der Waals surface area contributed by atoms with Gasteiger partial charge in [-0.1, -0.05) is 18.9 Å². The van der Waals surface area contributed by atoms with Crippen molar-refractivity contribution in [3.05, 3.63) is 65.2 Å². The number of halogens is 2. The van der Waals surface area contributed by atoms with Crippen LogP contribution in [-0.2, 0) is 14.3 Å². The minimum Gasteiger partial charge on any atom is -0.493 e. The van der Waals surface area contributed by atoms with Crippen LogP contribution in [0.2, 0.25) is 0 Å². The van der Waals surface area contributed by atoms with Crippen LogP contribution in [0.3, 0.4) is 0 Å². The van der Waals surface area contributed by atoms with E-state index in [0.717, 1.165) is 82.3 Å². The molecule has 4 aromatic rings. The Kier molecular flexibility index (Phi) is 13.2. The molecule has 1 aromatic carbocycles. The first-order valence-electron chi connectivity index (χ1n) is 22.8. The number of aromatic nitrogens is 5. The summed E-state index contributed by atoms with van der Waals surface area (Å²) in [5, 5.41) is 27.0. The Labute approximate surface area is 373 Å². The number of ether oxygens (including phenoxy) is 2. The highest BCUT2D eigenvalue weighted by Gasteiger charge is 2.46. The van der Waals surface area contributed by atoms with Gasteiger partial charge in [0.15, 0.2) is 11.3 Å². The van der Waals surface area contributed by atoms with E-state index in [1.54, 1.807) is 29.1 Å². The number of anilines is 2. The summed E-state index contributed by atoms with van der Waals surface area (Å²) in [6, 6.07) is 5.25. The lowest BCUT2D eigenvalue weighted by Crippen LogP contribution is -2.54. The van der Waals surface area contributed by atoms with E-state index in [9.17, 15) is 37.9 Å². The average Bonchev–Trinajstić information content (AvgIpc) is 3.99. The van der Waals surface area contributed by atoms with Crippen molar-refractivity contribution in [2.75, 3.05) is 43.5 Å². The number of nitrogens with zero attached hydrogens (tertiary/aromatic N) is 7. The van der Waals surface area contributed by atoms with Crippen molar-refractivity contribution in [2.24, 2.45) is 5.92 Å². The number of hydrogen-bond donors (Lipinski definition) is 4. The van der Waals surface area contributed by atoms with Crippen molar-refractivity contribution in [1.29, 1.82) is 0 Å². The van der Waals surface area contributed by atoms with Crippen molar-refractivity contribution >= 4 is 46.7 Å². The topological polar surface area (TPSA) is 215 Å². The second-order valence-electron chi connectivity index (χ2n) is 17.8. The summed E-state index contributed by atoms with van der Waals surface area (Å²) >= 11 is 0. The average molecular weight is 901 g/mol. The van der Waals surface area contributed by atoms with E-state index in [4.69, 9.17) is 9.47 Å². The van der Waals surface area contributed by atoms with Crippen LogP contribution in [0.4, 0.5) is 20.3 Å². The van der Waals surface area contributed by atoms with Crippen LogP contribution >= 0.6 is 0 Å². The molecule has 3 atom stereocenters. The number of aliphatic hydroxyl groups is 1. The molecule has 3 aromatic heterocycles. The lowest BCUT2D eigenvalue weighted by molar-refractivity contribution is -0.136. The van der Waals surface area contributed by atoms with Gasteiger partial charge in [0.1, 0.15) is 23.2 Å². The number of aliphatic hydroxyl groups excluding tert-OH is 1. The lowest BCUT2D eigenvalue weighted by Gasteiger charge is -2.36. The molecule has 6 heterocycles. The predicted octanol–water partition coefficient (Wildman–Crippen LogP) is 4.91. The Morgan fingerprint density at radius 3 is 2.52 bits per heavy atom. The van der Waals surface area contributed by atoms with Crippen molar-refractivity contribution in [3.8, 4) is 5.75 Å². The monoisotopic (exact) mass is 900 g/mol. The molecule has 5 amide bonds. The Bertz CT molecular complexity index is 2430. The Hall–Kier alpha value is -5.86. The van der Waals surface area contributed by atoms with Crippen LogP contribution in [0.1, 0.15) is 133 Å². The molecule has 346 valence electrons. The first-order valence-corrected chi connectivity index (χ1v) is 22.8. The number of likely N-dealkylation sites (tertiary alicyclic amines) is 1. The van der Waals surface area contributed by atoms with Crippen LogP contribution in [-0.4, -0.2) is 126 Å². The molecule has 4 N–H and O–H groups in total. The Morgan fingerprint density at radius 1 is 0.954 bits per heavy atom. The molecule has 0 radical (unpaired) electrons. The maximum Gasteiger partial charge on any atom is 0.284 e. The zero-order chi connectivity index (χ0) is 45.2. The zero-order valence-electron chi connectivity index (χ0n) is 36.0. The standard InChI is InChI=1S/C45H54F2N10O8/c46-40(47)39-32(50-42(60)30-23-48-55-20-17-36(51-41(30)55)49-31-6-1-2-7-34(31)58)25-56(53-39)27-11-9-26(10-12-27)24-54-18-15-28(16-19-54)64-21-4-22-65-35-8-3-5-29-38(35)45(63)57(44(29)62)33-13-14-37(59)52-43(33)61/h3,5,8,17,20,23,25-28,31,33-34,40,58H,1-2,4,6-7,9-16,18-19,21-22,24H2,(H,49,51)(H,50,60)(H,52,59,61)/t26?,27?,31-,33?,34+/m1/s1. The normalized spacial score (nSPS) is 24.4. The fourth-order valence-corrected chi connectivity index (χ4v) is 9.93. The maximum absolute atomic E-state index is 14.3. The van der Waals surface area contributed by atoms with Crippen LogP contribution < -0.4 is 20.7 Å². The summed E-state index contributed by atoms with van der Waals surface area (Å²) in [4.78, 5) is 71.9. The number of rotatable bonds is 15. The SMILES string of the molecule is O=C1CCC(N2C(=O)c3cccc(OCCCOC4CCN(CC5CCC(n6cc(NC(=O)c7cnn8ccc(N[C@@H]9CCCC[C@@H]9O)nc78)c(C(F)F)n6)CC5)CC4)c3C2=O)C(=O)N1. The summed E-state index contributed by atoms with van der Waals surface area (Å²) in [5.74, 6) is -1.68. The zero-order valence-corrected chi connectivity index (χ0v) is 36.0. The largest absolute Gasteiger partial charge is 0.493 e. The molecular weight excluding hydrogens is 847 g/mol. The van der Waals surface area contributed by atoms with Crippen LogP contribution in [0.15, 0.2) is 42.9 Å². The van der Waals surface area contributed by atoms with Gasteiger partial charge in [0.2, 0.25) is 11.8 Å². The van der Waals surface area contributed by atoms with Crippen LogP contribution in [0.25, 0.3) is 5.65 Å². The van der Waals surface area contributed by atoms with E-state index in [1.807, 2.05) is 0 Å². The van der Waals surface area contributed by atoms with Crippen molar-refractivity contribution in [3.63, 3.8) is 0 Å². The highest BCUT2D eigenvalue weighted by Crippen LogP contribution is 2.37.